The molecule has 4 atom stereocenters. The predicted molar refractivity (Wildman–Crippen MR) is 232 cm³/mol. The van der Waals surface area contributed by atoms with Crippen LogP contribution in [0.3, 0.4) is 0 Å². The molecule has 0 aliphatic heterocycles. The molecule has 2 aliphatic carbocycles. The first-order chi connectivity index (χ1) is 29.1. The molecule has 298 valence electrons. The van der Waals surface area contributed by atoms with Crippen LogP contribution in [0.15, 0.2) is 110 Å². The first-order valence-corrected chi connectivity index (χ1v) is 20.0. The lowest BCUT2D eigenvalue weighted by molar-refractivity contribution is -0.118. The Kier molecular flexibility index (Phi) is 9.04. The van der Waals surface area contributed by atoms with E-state index in [-0.39, 0.29) is 35.5 Å². The Morgan fingerprint density at radius 3 is 1.85 bits per heavy atom. The van der Waals surface area contributed by atoms with Gasteiger partial charge in [0.15, 0.2) is 0 Å². The number of aromatic nitrogens is 8. The van der Waals surface area contributed by atoms with Gasteiger partial charge in [-0.2, -0.15) is 10.2 Å². The van der Waals surface area contributed by atoms with E-state index in [1.165, 1.54) is 0 Å². The minimum Gasteiger partial charge on any atom is -0.383 e. The zero-order valence-corrected chi connectivity index (χ0v) is 33.3. The number of hydrogen-bond acceptors (Lipinski definition) is 10. The number of carbonyl (C=O) groups is 2. The molecule has 2 fully saturated rings. The molecule has 0 radical (unpaired) electrons. The van der Waals surface area contributed by atoms with Gasteiger partial charge in [0.1, 0.15) is 23.3 Å². The van der Waals surface area contributed by atoms with Crippen LogP contribution < -0.4 is 21.7 Å². The van der Waals surface area contributed by atoms with Crippen molar-refractivity contribution in [2.75, 3.05) is 21.7 Å². The number of nitrogens with zero attached hydrogens (tertiary/aromatic N) is 8. The fourth-order valence-electron chi connectivity index (χ4n) is 8.24. The van der Waals surface area contributed by atoms with Gasteiger partial charge in [0.2, 0.25) is 11.8 Å². The number of pyridine rings is 4. The SMILES string of the molecule is Cc1ccccc1-c1cc2cc(NC(=O)[C@H]3C[C@@H]3c3cnn(C)c3)ncc2c(NCc2ccccc2-c2cc3cc(NC(=O)[C@@H]4C[C@H]4c4cnn(C)c4)ncc3c(N)n2)n1. The Morgan fingerprint density at radius 1 is 0.700 bits per heavy atom. The molecular weight excluding hydrogens is 753 g/mol. The van der Waals surface area contributed by atoms with Crippen molar-refractivity contribution < 1.29 is 9.59 Å². The van der Waals surface area contributed by atoms with Gasteiger partial charge < -0.3 is 21.7 Å². The third kappa shape index (κ3) is 7.16. The summed E-state index contributed by atoms with van der Waals surface area (Å²) in [6, 6.07) is 24.0. The number of nitrogens with two attached hydrogens (primary N) is 1. The van der Waals surface area contributed by atoms with Crippen LogP contribution in [0.5, 0.6) is 0 Å². The molecule has 60 heavy (non-hydrogen) atoms. The standard InChI is InChI=1S/C46H42N12O2/c1-25-8-4-6-10-31(25)39-13-28-15-42(56-46(60)36-17-34(36)30-20-52-58(3)24-30)49-22-38(28)44(54-39)50-18-26-9-5-7-11-32(26)40-12-27-14-41(48-21-37(27)43(47)53-40)55-45(59)35-16-33(35)29-19-51-57(2)23-29/h4-15,19-24,33-36H,16-18H2,1-3H3,(H2,47,53)(H,50,54)(H,48,55,59)(H,49,56,60)/t33-,34+,35+,36-/m0/s1. The molecule has 2 aliphatic rings. The topological polar surface area (TPSA) is 183 Å². The first-order valence-electron chi connectivity index (χ1n) is 20.0. The Balaban J connectivity index is 0.913. The second-order valence-corrected chi connectivity index (χ2v) is 15.9. The van der Waals surface area contributed by atoms with E-state index in [0.717, 1.165) is 68.1 Å². The maximum absolute atomic E-state index is 13.3. The van der Waals surface area contributed by atoms with Crippen LogP contribution in [0, 0.1) is 18.8 Å². The molecular formula is C46H42N12O2. The fourth-order valence-corrected chi connectivity index (χ4v) is 8.24. The number of anilines is 4. The summed E-state index contributed by atoms with van der Waals surface area (Å²) in [6.07, 6.45) is 12.6. The van der Waals surface area contributed by atoms with Gasteiger partial charge in [0.05, 0.1) is 23.8 Å². The van der Waals surface area contributed by atoms with E-state index in [9.17, 15) is 9.59 Å². The summed E-state index contributed by atoms with van der Waals surface area (Å²) in [4.78, 5) is 45.6. The number of aryl methyl sites for hydroxylation is 3. The number of fused-ring (bicyclic) bond motifs is 2. The number of benzene rings is 2. The summed E-state index contributed by atoms with van der Waals surface area (Å²) in [7, 11) is 3.76. The van der Waals surface area contributed by atoms with Crippen molar-refractivity contribution in [2.45, 2.75) is 38.1 Å². The summed E-state index contributed by atoms with van der Waals surface area (Å²) >= 11 is 0. The minimum absolute atomic E-state index is 0.0489. The Hall–Kier alpha value is -7.48. The second-order valence-electron chi connectivity index (χ2n) is 15.9. The van der Waals surface area contributed by atoms with E-state index in [0.29, 0.717) is 40.9 Å². The normalized spacial score (nSPS) is 18.1. The van der Waals surface area contributed by atoms with Crippen LogP contribution >= 0.6 is 0 Å². The third-order valence-electron chi connectivity index (χ3n) is 11.7. The van der Waals surface area contributed by atoms with Crippen molar-refractivity contribution in [3.63, 3.8) is 0 Å². The van der Waals surface area contributed by atoms with Gasteiger partial charge in [-0.3, -0.25) is 19.0 Å². The molecule has 0 bridgehead atoms. The number of hydrogen-bond donors (Lipinski definition) is 4. The maximum Gasteiger partial charge on any atom is 0.229 e. The summed E-state index contributed by atoms with van der Waals surface area (Å²) in [5.74, 6) is 1.92. The molecule has 6 heterocycles. The lowest BCUT2D eigenvalue weighted by Crippen LogP contribution is -2.15. The molecule has 2 saturated carbocycles. The van der Waals surface area contributed by atoms with Gasteiger partial charge in [-0.15, -0.1) is 0 Å². The smallest absolute Gasteiger partial charge is 0.229 e. The van der Waals surface area contributed by atoms with Gasteiger partial charge in [-0.05, 0) is 88.9 Å². The van der Waals surface area contributed by atoms with Gasteiger partial charge in [-0.1, -0.05) is 48.5 Å². The van der Waals surface area contributed by atoms with Gasteiger partial charge in [0, 0.05) is 79.2 Å². The summed E-state index contributed by atoms with van der Waals surface area (Å²) in [6.45, 7) is 2.49. The van der Waals surface area contributed by atoms with Gasteiger partial charge in [0.25, 0.3) is 0 Å². The average molecular weight is 795 g/mol. The molecule has 0 saturated heterocycles. The summed E-state index contributed by atoms with van der Waals surface area (Å²) in [5, 5.41) is 21.4. The molecule has 5 N–H and O–H groups in total. The number of nitrogens with one attached hydrogen (secondary N) is 3. The lowest BCUT2D eigenvalue weighted by atomic mass is 10.0. The van der Waals surface area contributed by atoms with Gasteiger partial charge in [-0.25, -0.2) is 19.9 Å². The van der Waals surface area contributed by atoms with Crippen LogP contribution in [-0.2, 0) is 30.2 Å². The van der Waals surface area contributed by atoms with E-state index in [1.54, 1.807) is 21.8 Å². The monoisotopic (exact) mass is 794 g/mol. The van der Waals surface area contributed by atoms with Crippen molar-refractivity contribution in [1.29, 1.82) is 0 Å². The van der Waals surface area contributed by atoms with Crippen molar-refractivity contribution in [3.8, 4) is 22.5 Å². The summed E-state index contributed by atoms with van der Waals surface area (Å²) in [5.41, 5.74) is 14.1. The van der Waals surface area contributed by atoms with Crippen LogP contribution in [-0.4, -0.2) is 51.3 Å². The molecule has 14 nitrogen and oxygen atoms in total. The lowest BCUT2D eigenvalue weighted by Gasteiger charge is -2.16. The average Bonchev–Trinajstić information content (AvgIpc) is 4.14. The van der Waals surface area contributed by atoms with E-state index < -0.39 is 0 Å². The van der Waals surface area contributed by atoms with Crippen molar-refractivity contribution in [1.82, 2.24) is 39.5 Å². The van der Waals surface area contributed by atoms with Crippen molar-refractivity contribution in [2.24, 2.45) is 25.9 Å². The zero-order valence-electron chi connectivity index (χ0n) is 33.3. The summed E-state index contributed by atoms with van der Waals surface area (Å²) < 4.78 is 3.52. The maximum atomic E-state index is 13.3. The predicted octanol–water partition coefficient (Wildman–Crippen LogP) is 7.36. The minimum atomic E-state index is -0.120. The van der Waals surface area contributed by atoms with Crippen LogP contribution in [0.2, 0.25) is 0 Å². The fraction of sp³-hybridized carbons (Fsp3) is 0.217. The van der Waals surface area contributed by atoms with Crippen molar-refractivity contribution >= 4 is 56.6 Å². The van der Waals surface area contributed by atoms with Crippen LogP contribution in [0.4, 0.5) is 23.3 Å². The number of nitrogen functional groups attached to an aromatic ring is 1. The molecule has 10 rings (SSSR count). The molecule has 14 heteroatoms. The molecule has 2 aromatic carbocycles. The van der Waals surface area contributed by atoms with E-state index >= 15 is 0 Å². The Morgan fingerprint density at radius 2 is 1.25 bits per heavy atom. The second kappa shape index (κ2) is 14.7. The van der Waals surface area contributed by atoms with Crippen LogP contribution in [0.25, 0.3) is 44.1 Å². The highest BCUT2D eigenvalue weighted by molar-refractivity contribution is 6.00. The number of amides is 2. The van der Waals surface area contributed by atoms with Gasteiger partial charge >= 0.3 is 0 Å². The largest absolute Gasteiger partial charge is 0.383 e. The number of carbonyl (C=O) groups excluding carboxylic acids is 2. The molecule has 0 spiro atoms. The number of rotatable bonds is 11. The third-order valence-corrected chi connectivity index (χ3v) is 11.7. The van der Waals surface area contributed by atoms with E-state index in [4.69, 9.17) is 15.7 Å². The van der Waals surface area contributed by atoms with Crippen molar-refractivity contribution in [3.05, 3.63) is 132 Å². The van der Waals surface area contributed by atoms with Crippen LogP contribution in [0.1, 0.15) is 46.9 Å². The van der Waals surface area contributed by atoms with E-state index in [1.807, 2.05) is 99.5 Å². The Bertz CT molecular complexity index is 2990. The quantitative estimate of drug-likeness (QED) is 0.103. The molecule has 6 aromatic heterocycles. The highest BCUT2D eigenvalue weighted by atomic mass is 16.2. The molecule has 2 amide bonds. The highest BCUT2D eigenvalue weighted by Gasteiger charge is 2.45. The van der Waals surface area contributed by atoms with E-state index in [2.05, 4.69) is 55.2 Å². The molecule has 0 unspecified atom stereocenters. The Labute approximate surface area is 345 Å². The zero-order chi connectivity index (χ0) is 41.1. The first kappa shape index (κ1) is 36.8. The highest BCUT2D eigenvalue weighted by Crippen LogP contribution is 2.49. The molecule has 8 aromatic rings.